The molecule has 0 aliphatic heterocycles. The van der Waals surface area contributed by atoms with Gasteiger partial charge in [0.25, 0.3) is 0 Å². The molecule has 1 nitrogen and oxygen atoms in total. The van der Waals surface area contributed by atoms with E-state index in [2.05, 4.69) is 0 Å². The van der Waals surface area contributed by atoms with Gasteiger partial charge >= 0.3 is 0 Å². The predicted molar refractivity (Wildman–Crippen MR) is 30.9 cm³/mol. The summed E-state index contributed by atoms with van der Waals surface area (Å²) in [6.07, 6.45) is 0. The fourth-order valence-corrected chi connectivity index (χ4v) is 0.453. The van der Waals surface area contributed by atoms with Gasteiger partial charge in [-0.25, -0.2) is 0 Å². The topological polar surface area (TPSA) is 26.0 Å². The van der Waals surface area contributed by atoms with Crippen molar-refractivity contribution in [3.8, 4) is 0 Å². The number of hydrogen-bond donors (Lipinski definition) is 1. The fourth-order valence-electron chi connectivity index (χ4n) is 0.453. The van der Waals surface area contributed by atoms with Crippen LogP contribution in [0.5, 0.6) is 0 Å². The number of nitrogen functional groups attached to an aromatic ring is 1. The van der Waals surface area contributed by atoms with Crippen LogP contribution in [0.2, 0.25) is 0 Å². The summed E-state index contributed by atoms with van der Waals surface area (Å²) in [6.45, 7) is 0. The molecule has 0 spiro atoms. The second kappa shape index (κ2) is 4.00. The number of benzene rings is 1. The zero-order chi connectivity index (χ0) is 5.11. The zero-order valence-electron chi connectivity index (χ0n) is 4.46. The average Bonchev–Trinajstić information content (AvgIpc) is 1.69. The van der Waals surface area contributed by atoms with E-state index in [1.807, 2.05) is 30.3 Å². The number of anilines is 1. The summed E-state index contributed by atoms with van der Waals surface area (Å²) in [7, 11) is 0. The third kappa shape index (κ3) is 2.40. The minimum atomic E-state index is 0. The summed E-state index contributed by atoms with van der Waals surface area (Å²) >= 11 is 0. The first kappa shape index (κ1) is 8.07. The summed E-state index contributed by atoms with van der Waals surface area (Å²) < 4.78 is 0. The van der Waals surface area contributed by atoms with Gasteiger partial charge < -0.3 is 5.73 Å². The summed E-state index contributed by atoms with van der Waals surface area (Å²) in [5.41, 5.74) is 6.18. The normalized spacial score (nSPS) is 7.50. The second-order valence-electron chi connectivity index (χ2n) is 1.41. The van der Waals surface area contributed by atoms with Crippen LogP contribution < -0.4 is 5.73 Å². The van der Waals surface area contributed by atoms with E-state index >= 15 is 0 Å². The third-order valence-corrected chi connectivity index (χ3v) is 0.800. The number of rotatable bonds is 0. The van der Waals surface area contributed by atoms with Crippen LogP contribution in [0.15, 0.2) is 30.3 Å². The standard InChI is InChI=1S/C6H7N.U/c7-6-4-2-1-3-5-6;/h1-5H,7H2;. The van der Waals surface area contributed by atoms with Gasteiger partial charge in [0.1, 0.15) is 0 Å². The molecule has 0 radical (unpaired) electrons. The van der Waals surface area contributed by atoms with Crippen molar-refractivity contribution < 1.29 is 31.1 Å². The minimum Gasteiger partial charge on any atom is -0.399 e. The molecule has 1 rings (SSSR count). The van der Waals surface area contributed by atoms with Crippen molar-refractivity contribution >= 4 is 5.69 Å². The van der Waals surface area contributed by atoms with Gasteiger partial charge in [0.2, 0.25) is 0 Å². The van der Waals surface area contributed by atoms with Gasteiger partial charge in [0, 0.05) is 36.8 Å². The minimum absolute atomic E-state index is 0. The molecule has 0 aliphatic rings. The Morgan fingerprint density at radius 1 is 1.00 bits per heavy atom. The van der Waals surface area contributed by atoms with Crippen molar-refractivity contribution in [1.82, 2.24) is 0 Å². The van der Waals surface area contributed by atoms with Crippen molar-refractivity contribution in [2.75, 3.05) is 5.73 Å². The number of para-hydroxylation sites is 1. The van der Waals surface area contributed by atoms with E-state index in [4.69, 9.17) is 5.73 Å². The van der Waals surface area contributed by atoms with Gasteiger partial charge in [0.15, 0.2) is 0 Å². The van der Waals surface area contributed by atoms with Crippen molar-refractivity contribution in [2.24, 2.45) is 0 Å². The van der Waals surface area contributed by atoms with E-state index in [-0.39, 0.29) is 31.1 Å². The smallest absolute Gasteiger partial charge is 0.0313 e. The van der Waals surface area contributed by atoms with Crippen molar-refractivity contribution in [2.45, 2.75) is 0 Å². The Bertz CT molecular complexity index is 138. The molecule has 0 aliphatic carbocycles. The van der Waals surface area contributed by atoms with Gasteiger partial charge in [-0.15, -0.1) is 0 Å². The molecule has 1 aromatic carbocycles. The Hall–Kier alpha value is 0.0719. The van der Waals surface area contributed by atoms with Gasteiger partial charge in [-0.3, -0.25) is 0 Å². The van der Waals surface area contributed by atoms with E-state index in [1.165, 1.54) is 0 Å². The molecule has 8 heavy (non-hydrogen) atoms. The molecule has 0 saturated heterocycles. The largest absolute Gasteiger partial charge is 0.399 e. The van der Waals surface area contributed by atoms with Crippen molar-refractivity contribution in [1.29, 1.82) is 0 Å². The Morgan fingerprint density at radius 2 is 1.50 bits per heavy atom. The summed E-state index contributed by atoms with van der Waals surface area (Å²) in [6, 6.07) is 9.49. The second-order valence-corrected chi connectivity index (χ2v) is 1.41. The first-order valence-corrected chi connectivity index (χ1v) is 2.20. The molecular weight excluding hydrogens is 324 g/mol. The molecule has 2 heteroatoms. The molecule has 0 fully saturated rings. The van der Waals surface area contributed by atoms with Crippen molar-refractivity contribution in [3.63, 3.8) is 0 Å². The van der Waals surface area contributed by atoms with E-state index < -0.39 is 0 Å². The predicted octanol–water partition coefficient (Wildman–Crippen LogP) is 1.27. The molecule has 0 bridgehead atoms. The molecule has 0 amide bonds. The van der Waals surface area contributed by atoms with Gasteiger partial charge in [-0.2, -0.15) is 0 Å². The maximum atomic E-state index is 5.36. The van der Waals surface area contributed by atoms with Crippen LogP contribution in [0.25, 0.3) is 0 Å². The number of hydrogen-bond acceptors (Lipinski definition) is 1. The van der Waals surface area contributed by atoms with Crippen LogP contribution in [0, 0.1) is 31.1 Å². The molecule has 40 valence electrons. The van der Waals surface area contributed by atoms with Gasteiger partial charge in [-0.1, -0.05) is 18.2 Å². The molecule has 0 aromatic heterocycles. The van der Waals surface area contributed by atoms with Crippen LogP contribution in [0.4, 0.5) is 5.69 Å². The molecule has 2 N–H and O–H groups in total. The van der Waals surface area contributed by atoms with Crippen LogP contribution in [0.1, 0.15) is 0 Å². The molecule has 0 unspecified atom stereocenters. The zero-order valence-corrected chi connectivity index (χ0v) is 8.63. The van der Waals surface area contributed by atoms with E-state index in [9.17, 15) is 0 Å². The quantitative estimate of drug-likeness (QED) is 0.712. The summed E-state index contributed by atoms with van der Waals surface area (Å²) in [4.78, 5) is 0. The van der Waals surface area contributed by atoms with E-state index in [0.717, 1.165) is 5.69 Å². The molecule has 1 aromatic rings. The average molecular weight is 331 g/mol. The fraction of sp³-hybridized carbons (Fsp3) is 0. The maximum Gasteiger partial charge on any atom is 0.0313 e. The maximum absolute atomic E-state index is 5.36. The Labute approximate surface area is 72.7 Å². The first-order valence-electron chi connectivity index (χ1n) is 2.20. The van der Waals surface area contributed by atoms with E-state index in [0.29, 0.717) is 0 Å². The molecule has 0 heterocycles. The summed E-state index contributed by atoms with van der Waals surface area (Å²) in [5.74, 6) is 0. The Kier molecular flexibility index (Phi) is 4.04. The SMILES string of the molecule is Nc1ccccc1.[U]. The Balaban J connectivity index is 0.000000490. The van der Waals surface area contributed by atoms with Crippen LogP contribution in [0.3, 0.4) is 0 Å². The van der Waals surface area contributed by atoms with Crippen LogP contribution in [-0.2, 0) is 0 Å². The molecule has 0 saturated carbocycles. The first-order chi connectivity index (χ1) is 3.39. The van der Waals surface area contributed by atoms with Gasteiger partial charge in [-0.05, 0) is 12.1 Å². The van der Waals surface area contributed by atoms with Gasteiger partial charge in [0.05, 0.1) is 0 Å². The summed E-state index contributed by atoms with van der Waals surface area (Å²) in [5, 5.41) is 0. The van der Waals surface area contributed by atoms with E-state index in [1.54, 1.807) is 0 Å². The van der Waals surface area contributed by atoms with Crippen molar-refractivity contribution in [3.05, 3.63) is 30.3 Å². The molecular formula is C6H7NU. The third-order valence-electron chi connectivity index (χ3n) is 0.800. The van der Waals surface area contributed by atoms with Crippen LogP contribution >= 0.6 is 0 Å². The molecule has 0 atom stereocenters. The Morgan fingerprint density at radius 3 is 1.75 bits per heavy atom. The van der Waals surface area contributed by atoms with Crippen LogP contribution in [-0.4, -0.2) is 0 Å². The monoisotopic (exact) mass is 331 g/mol. The number of nitrogens with two attached hydrogens (primary N) is 1.